The molecule has 24 heavy (non-hydrogen) atoms. The zero-order valence-electron chi connectivity index (χ0n) is 17.2. The van der Waals surface area contributed by atoms with E-state index < -0.39 is 5.97 Å². The number of carboxylic acids is 1. The van der Waals surface area contributed by atoms with Gasteiger partial charge in [-0.25, -0.2) is 0 Å². The van der Waals surface area contributed by atoms with E-state index in [1.807, 2.05) is 50.2 Å². The summed E-state index contributed by atoms with van der Waals surface area (Å²) in [6.45, 7) is 16.5. The third-order valence-corrected chi connectivity index (χ3v) is 2.11. The van der Waals surface area contributed by atoms with Gasteiger partial charge < -0.3 is 17.4 Å². The number of benzene rings is 1. The maximum absolute atomic E-state index is 9.37. The van der Waals surface area contributed by atoms with Crippen molar-refractivity contribution in [2.24, 2.45) is 5.41 Å². The van der Waals surface area contributed by atoms with Crippen molar-refractivity contribution in [3.63, 3.8) is 0 Å². The Morgan fingerprint density at radius 1 is 1.00 bits per heavy atom. The summed E-state index contributed by atoms with van der Waals surface area (Å²) in [4.78, 5) is 11.5. The summed E-state index contributed by atoms with van der Waals surface area (Å²) in [6.07, 6.45) is 0.222. The van der Waals surface area contributed by atoms with Crippen LogP contribution in [0.4, 0.5) is 0 Å². The standard InChI is InChI=1S/C8H18N.C6H6.C3H6O2.C2H6.CH3.Y/c1-6-9(5)7-8(2,3)4;1-2-4-6-5-3-1;1-2-3(4)5;1-2;;/h5-7H2,1-4H3;1-6H;2H2,1H3,(H,4,5);1-2H3;1H3;/q-1;;;;-1;. The van der Waals surface area contributed by atoms with Gasteiger partial charge in [-0.05, 0) is 18.5 Å². The molecule has 0 amide bonds. The molecule has 0 spiro atoms. The van der Waals surface area contributed by atoms with Crippen molar-refractivity contribution in [3.8, 4) is 0 Å². The van der Waals surface area contributed by atoms with Crippen LogP contribution in [-0.2, 0) is 37.5 Å². The molecule has 0 aliphatic rings. The van der Waals surface area contributed by atoms with Gasteiger partial charge in [0.1, 0.15) is 0 Å². The number of carbonyl (C=O) groups is 1. The minimum Gasteiger partial charge on any atom is -0.481 e. The molecule has 0 heterocycles. The first-order valence-electron chi connectivity index (χ1n) is 8.00. The van der Waals surface area contributed by atoms with Crippen molar-refractivity contribution in [2.75, 3.05) is 13.1 Å². The van der Waals surface area contributed by atoms with Crippen LogP contribution in [0.5, 0.6) is 0 Å². The molecule has 1 aromatic rings. The van der Waals surface area contributed by atoms with Gasteiger partial charge in [-0.15, -0.1) is 0 Å². The summed E-state index contributed by atoms with van der Waals surface area (Å²) in [7, 11) is 3.88. The van der Waals surface area contributed by atoms with Gasteiger partial charge in [0.25, 0.3) is 0 Å². The molecule has 141 valence electrons. The van der Waals surface area contributed by atoms with E-state index in [9.17, 15) is 4.79 Å². The Morgan fingerprint density at radius 2 is 1.25 bits per heavy atom. The molecule has 0 saturated carbocycles. The van der Waals surface area contributed by atoms with Crippen LogP contribution in [0.25, 0.3) is 0 Å². The van der Waals surface area contributed by atoms with Crippen LogP contribution in [0.2, 0.25) is 0 Å². The first-order valence-corrected chi connectivity index (χ1v) is 8.00. The van der Waals surface area contributed by atoms with E-state index in [0.29, 0.717) is 5.41 Å². The Kier molecular flexibility index (Phi) is 36.4. The number of hydrogen-bond acceptors (Lipinski definition) is 2. The second kappa shape index (κ2) is 25.0. The smallest absolute Gasteiger partial charge is 0.303 e. The minimum atomic E-state index is -0.745. The van der Waals surface area contributed by atoms with Crippen molar-refractivity contribution >= 4 is 5.97 Å². The van der Waals surface area contributed by atoms with Gasteiger partial charge in [-0.2, -0.15) is 0 Å². The molecule has 0 bridgehead atoms. The van der Waals surface area contributed by atoms with Gasteiger partial charge in [0.05, 0.1) is 0 Å². The van der Waals surface area contributed by atoms with Crippen LogP contribution in [0.1, 0.15) is 54.9 Å². The fourth-order valence-corrected chi connectivity index (χ4v) is 1.17. The maximum atomic E-state index is 9.37. The quantitative estimate of drug-likeness (QED) is 0.637. The molecule has 0 fully saturated rings. The van der Waals surface area contributed by atoms with Crippen LogP contribution in [0.15, 0.2) is 36.4 Å². The predicted octanol–water partition coefficient (Wildman–Crippen LogP) is 5.79. The van der Waals surface area contributed by atoms with Gasteiger partial charge in [0, 0.05) is 39.1 Å². The first-order chi connectivity index (χ1) is 10.2. The number of carboxylic acid groups (broad SMARTS) is 1. The Hall–Kier alpha value is -0.246. The van der Waals surface area contributed by atoms with E-state index in [1.54, 1.807) is 6.92 Å². The van der Waals surface area contributed by atoms with Gasteiger partial charge >= 0.3 is 5.97 Å². The SMILES string of the molecule is CC.CCC(=O)O.[CH2-]N(CC)CC(C)(C)C.[CH3-].[Y].c1ccccc1. The molecule has 4 heteroatoms. The third-order valence-electron chi connectivity index (χ3n) is 2.11. The van der Waals surface area contributed by atoms with Crippen molar-refractivity contribution in [2.45, 2.75) is 54.9 Å². The summed E-state index contributed by atoms with van der Waals surface area (Å²) in [5.74, 6) is -0.745. The van der Waals surface area contributed by atoms with Crippen LogP contribution >= 0.6 is 0 Å². The number of aliphatic carboxylic acids is 1. The van der Waals surface area contributed by atoms with Crippen LogP contribution in [0.3, 0.4) is 0 Å². The van der Waals surface area contributed by atoms with Crippen LogP contribution in [0, 0.1) is 19.9 Å². The molecule has 0 aliphatic carbocycles. The average molecular weight is 414 g/mol. The summed E-state index contributed by atoms with van der Waals surface area (Å²) in [5, 5.41) is 7.72. The number of nitrogens with zero attached hydrogens (tertiary/aromatic N) is 1. The van der Waals surface area contributed by atoms with Gasteiger partial charge in [0.2, 0.25) is 0 Å². The topological polar surface area (TPSA) is 40.5 Å². The van der Waals surface area contributed by atoms with E-state index in [1.165, 1.54) is 0 Å². The molecular formula is C20H39NO2Y-2. The summed E-state index contributed by atoms with van der Waals surface area (Å²) >= 11 is 0. The molecule has 1 rings (SSSR count). The summed E-state index contributed by atoms with van der Waals surface area (Å²) in [5.41, 5.74) is 0.387. The zero-order chi connectivity index (χ0) is 18.0. The fourth-order valence-electron chi connectivity index (χ4n) is 1.17. The van der Waals surface area contributed by atoms with E-state index in [2.05, 4.69) is 39.6 Å². The molecule has 1 aromatic carbocycles. The largest absolute Gasteiger partial charge is 0.481 e. The van der Waals surface area contributed by atoms with E-state index in [0.717, 1.165) is 13.1 Å². The molecule has 3 nitrogen and oxygen atoms in total. The summed E-state index contributed by atoms with van der Waals surface area (Å²) < 4.78 is 0. The molecular weight excluding hydrogens is 375 g/mol. The monoisotopic (exact) mass is 414 g/mol. The zero-order valence-corrected chi connectivity index (χ0v) is 20.0. The molecule has 0 atom stereocenters. The van der Waals surface area contributed by atoms with Crippen LogP contribution in [-0.4, -0.2) is 29.1 Å². The Bertz CT molecular complexity index is 297. The molecule has 0 saturated heterocycles. The normalized spacial score (nSPS) is 8.54. The van der Waals surface area contributed by atoms with Crippen molar-refractivity contribution < 1.29 is 42.6 Å². The molecule has 1 N–H and O–H groups in total. The van der Waals surface area contributed by atoms with Gasteiger partial charge in [-0.1, -0.05) is 84.9 Å². The van der Waals surface area contributed by atoms with E-state index in [4.69, 9.17) is 5.11 Å². The Balaban J connectivity index is -0.0000000711. The number of rotatable bonds is 3. The van der Waals surface area contributed by atoms with E-state index in [-0.39, 0.29) is 46.6 Å². The first kappa shape index (κ1) is 35.0. The average Bonchev–Trinajstić information content (AvgIpc) is 2.50. The predicted molar refractivity (Wildman–Crippen MR) is 104 cm³/mol. The maximum Gasteiger partial charge on any atom is 0.303 e. The second-order valence-electron chi connectivity index (χ2n) is 5.61. The molecule has 0 aliphatic heterocycles. The van der Waals surface area contributed by atoms with Crippen molar-refractivity contribution in [1.29, 1.82) is 0 Å². The summed E-state index contributed by atoms with van der Waals surface area (Å²) in [6, 6.07) is 12.0. The molecule has 0 aromatic heterocycles. The second-order valence-corrected chi connectivity index (χ2v) is 5.61. The van der Waals surface area contributed by atoms with Crippen molar-refractivity contribution in [3.05, 3.63) is 50.9 Å². The Morgan fingerprint density at radius 3 is 1.33 bits per heavy atom. The minimum absolute atomic E-state index is 0. The molecule has 1 radical (unpaired) electrons. The molecule has 0 unspecified atom stereocenters. The van der Waals surface area contributed by atoms with Gasteiger partial charge in [-0.3, -0.25) is 11.8 Å². The third kappa shape index (κ3) is 43.0. The van der Waals surface area contributed by atoms with Crippen LogP contribution < -0.4 is 0 Å². The Labute approximate surface area is 177 Å². The van der Waals surface area contributed by atoms with E-state index >= 15 is 0 Å². The fraction of sp³-hybridized carbons (Fsp3) is 0.550. The number of hydrogen-bond donors (Lipinski definition) is 1. The van der Waals surface area contributed by atoms with Gasteiger partial charge in [0.15, 0.2) is 0 Å². The van der Waals surface area contributed by atoms with Crippen molar-refractivity contribution in [1.82, 2.24) is 4.90 Å².